The van der Waals surface area contributed by atoms with Crippen LogP contribution in [0.5, 0.6) is 0 Å². The van der Waals surface area contributed by atoms with Gasteiger partial charge in [-0.25, -0.2) is 8.42 Å². The van der Waals surface area contributed by atoms with Gasteiger partial charge >= 0.3 is 0 Å². The van der Waals surface area contributed by atoms with Gasteiger partial charge in [-0.2, -0.15) is 4.31 Å². The quantitative estimate of drug-likeness (QED) is 0.853. The summed E-state index contributed by atoms with van der Waals surface area (Å²) in [6.07, 6.45) is 4.32. The lowest BCUT2D eigenvalue weighted by Gasteiger charge is -2.29. The predicted octanol–water partition coefficient (Wildman–Crippen LogP) is 3.26. The molecule has 1 unspecified atom stereocenters. The number of nitrogens with one attached hydrogen (secondary N) is 1. The maximum atomic E-state index is 12.9. The highest BCUT2D eigenvalue weighted by atomic mass is 32.2. The Labute approximate surface area is 161 Å². The Bertz CT molecular complexity index is 934. The molecule has 146 valence electrons. The molecule has 1 amide bonds. The van der Waals surface area contributed by atoms with E-state index in [0.29, 0.717) is 30.4 Å². The number of piperidine rings is 1. The normalized spacial score (nSPS) is 18.4. The van der Waals surface area contributed by atoms with E-state index in [-0.39, 0.29) is 10.8 Å². The molecule has 1 aromatic carbocycles. The molecular formula is C20H27N3O3S. The van der Waals surface area contributed by atoms with Crippen molar-refractivity contribution >= 4 is 21.6 Å². The number of aromatic nitrogens is 1. The van der Waals surface area contributed by atoms with Crippen LogP contribution in [-0.2, 0) is 23.5 Å². The molecule has 0 radical (unpaired) electrons. The number of rotatable bonds is 5. The number of aryl methyl sites for hydroxylation is 2. The van der Waals surface area contributed by atoms with Crippen molar-refractivity contribution < 1.29 is 13.2 Å². The monoisotopic (exact) mass is 389 g/mol. The minimum absolute atomic E-state index is 0.173. The molecule has 1 aliphatic heterocycles. The molecule has 27 heavy (non-hydrogen) atoms. The van der Waals surface area contributed by atoms with Crippen LogP contribution < -0.4 is 5.32 Å². The van der Waals surface area contributed by atoms with Gasteiger partial charge in [0.25, 0.3) is 5.91 Å². The molecule has 6 nitrogen and oxygen atoms in total. The van der Waals surface area contributed by atoms with E-state index in [1.54, 1.807) is 11.6 Å². The highest BCUT2D eigenvalue weighted by molar-refractivity contribution is 7.89. The molecule has 1 atom stereocenters. The molecule has 0 bridgehead atoms. The summed E-state index contributed by atoms with van der Waals surface area (Å²) in [5.41, 5.74) is 2.15. The molecule has 0 aliphatic carbocycles. The number of amides is 1. The Balaban J connectivity index is 1.82. The summed E-state index contributed by atoms with van der Waals surface area (Å²) in [7, 11) is -1.89. The van der Waals surface area contributed by atoms with Crippen LogP contribution in [0.3, 0.4) is 0 Å². The SMILES string of the molecule is CCc1cccc(NC(=O)c2cc(S(=O)(=O)N3CCCC(C)C3)cn2C)c1. The van der Waals surface area contributed by atoms with Crippen molar-refractivity contribution in [1.29, 1.82) is 0 Å². The van der Waals surface area contributed by atoms with E-state index < -0.39 is 10.0 Å². The van der Waals surface area contributed by atoms with Gasteiger partial charge < -0.3 is 9.88 Å². The van der Waals surface area contributed by atoms with Gasteiger partial charge in [-0.05, 0) is 48.9 Å². The van der Waals surface area contributed by atoms with Gasteiger partial charge in [0, 0.05) is 32.0 Å². The van der Waals surface area contributed by atoms with Crippen molar-refractivity contribution in [3.05, 3.63) is 47.8 Å². The van der Waals surface area contributed by atoms with Crippen molar-refractivity contribution in [2.24, 2.45) is 13.0 Å². The maximum Gasteiger partial charge on any atom is 0.272 e. The van der Waals surface area contributed by atoms with Crippen LogP contribution in [0, 0.1) is 5.92 Å². The zero-order chi connectivity index (χ0) is 19.6. The topological polar surface area (TPSA) is 71.4 Å². The fourth-order valence-corrected chi connectivity index (χ4v) is 5.15. The van der Waals surface area contributed by atoms with Gasteiger partial charge in [-0.15, -0.1) is 0 Å². The average molecular weight is 390 g/mol. The summed E-state index contributed by atoms with van der Waals surface area (Å²) in [6, 6.07) is 9.11. The Morgan fingerprint density at radius 2 is 2.07 bits per heavy atom. The van der Waals surface area contributed by atoms with Gasteiger partial charge in [0.05, 0.1) is 0 Å². The standard InChI is InChI=1S/C20H27N3O3S/c1-4-16-8-5-9-17(11-16)21-20(24)19-12-18(14-22(19)3)27(25,26)23-10-6-7-15(2)13-23/h5,8-9,11-12,14-15H,4,6-7,10,13H2,1-3H3,(H,21,24). The van der Waals surface area contributed by atoms with E-state index in [9.17, 15) is 13.2 Å². The van der Waals surface area contributed by atoms with Crippen LogP contribution in [0.2, 0.25) is 0 Å². The van der Waals surface area contributed by atoms with E-state index in [1.165, 1.54) is 16.6 Å². The molecule has 1 fully saturated rings. The molecule has 0 spiro atoms. The van der Waals surface area contributed by atoms with Crippen LogP contribution in [0.15, 0.2) is 41.4 Å². The lowest BCUT2D eigenvalue weighted by molar-refractivity contribution is 0.101. The van der Waals surface area contributed by atoms with Crippen LogP contribution >= 0.6 is 0 Å². The smallest absolute Gasteiger partial charge is 0.272 e. The molecule has 1 N–H and O–H groups in total. The van der Waals surface area contributed by atoms with E-state index in [4.69, 9.17) is 0 Å². The second-order valence-electron chi connectivity index (χ2n) is 7.29. The second kappa shape index (κ2) is 7.86. The van der Waals surface area contributed by atoms with Crippen LogP contribution in [0.4, 0.5) is 5.69 Å². The first-order chi connectivity index (χ1) is 12.8. The Kier molecular flexibility index (Phi) is 5.72. The van der Waals surface area contributed by atoms with E-state index in [1.807, 2.05) is 24.3 Å². The van der Waals surface area contributed by atoms with Crippen molar-refractivity contribution in [3.8, 4) is 0 Å². The Hall–Kier alpha value is -2.12. The minimum atomic E-state index is -3.58. The van der Waals surface area contributed by atoms with Crippen molar-refractivity contribution in [2.45, 2.75) is 38.0 Å². The lowest BCUT2D eigenvalue weighted by atomic mass is 10.0. The molecule has 2 aromatic rings. The van der Waals surface area contributed by atoms with E-state index in [0.717, 1.165) is 24.8 Å². The molecule has 7 heteroatoms. The number of anilines is 1. The van der Waals surface area contributed by atoms with Gasteiger partial charge in [0.15, 0.2) is 0 Å². The fraction of sp³-hybridized carbons (Fsp3) is 0.450. The summed E-state index contributed by atoms with van der Waals surface area (Å²) in [5, 5.41) is 2.86. The van der Waals surface area contributed by atoms with E-state index in [2.05, 4.69) is 19.2 Å². The third-order valence-electron chi connectivity index (χ3n) is 5.06. The summed E-state index contributed by atoms with van der Waals surface area (Å²) in [4.78, 5) is 12.8. The number of hydrogen-bond acceptors (Lipinski definition) is 3. The number of sulfonamides is 1. The molecular weight excluding hydrogens is 362 g/mol. The molecule has 2 heterocycles. The Morgan fingerprint density at radius 1 is 1.30 bits per heavy atom. The first kappa shape index (κ1) is 19.6. The third-order valence-corrected chi connectivity index (χ3v) is 6.89. The molecule has 1 aromatic heterocycles. The highest BCUT2D eigenvalue weighted by Crippen LogP contribution is 2.25. The largest absolute Gasteiger partial charge is 0.345 e. The summed E-state index contributed by atoms with van der Waals surface area (Å²) in [6.45, 7) is 5.18. The number of hydrogen-bond donors (Lipinski definition) is 1. The molecule has 1 saturated heterocycles. The average Bonchev–Trinajstić information content (AvgIpc) is 3.04. The molecule has 1 aliphatic rings. The van der Waals surface area contributed by atoms with Crippen LogP contribution in [0.1, 0.15) is 42.7 Å². The number of benzene rings is 1. The van der Waals surface area contributed by atoms with Crippen molar-refractivity contribution in [3.63, 3.8) is 0 Å². The maximum absolute atomic E-state index is 12.9. The highest BCUT2D eigenvalue weighted by Gasteiger charge is 2.30. The van der Waals surface area contributed by atoms with Gasteiger partial charge in [-0.3, -0.25) is 4.79 Å². The first-order valence-electron chi connectivity index (χ1n) is 9.38. The summed E-state index contributed by atoms with van der Waals surface area (Å²) < 4.78 is 29.0. The van der Waals surface area contributed by atoms with Gasteiger partial charge in [-0.1, -0.05) is 26.0 Å². The summed E-state index contributed by atoms with van der Waals surface area (Å²) >= 11 is 0. The van der Waals surface area contributed by atoms with E-state index >= 15 is 0 Å². The number of carbonyl (C=O) groups is 1. The summed E-state index contributed by atoms with van der Waals surface area (Å²) in [5.74, 6) is 0.0325. The molecule has 0 saturated carbocycles. The Morgan fingerprint density at radius 3 is 2.78 bits per heavy atom. The van der Waals surface area contributed by atoms with Crippen LogP contribution in [-0.4, -0.2) is 36.3 Å². The lowest BCUT2D eigenvalue weighted by Crippen LogP contribution is -2.38. The predicted molar refractivity (Wildman–Crippen MR) is 106 cm³/mol. The number of carbonyl (C=O) groups excluding carboxylic acids is 1. The van der Waals surface area contributed by atoms with Gasteiger partial charge in [0.1, 0.15) is 10.6 Å². The number of nitrogens with zero attached hydrogens (tertiary/aromatic N) is 2. The van der Waals surface area contributed by atoms with Crippen molar-refractivity contribution in [2.75, 3.05) is 18.4 Å². The zero-order valence-corrected chi connectivity index (χ0v) is 16.9. The third kappa shape index (κ3) is 4.25. The molecule has 3 rings (SSSR count). The van der Waals surface area contributed by atoms with Crippen LogP contribution in [0.25, 0.3) is 0 Å². The zero-order valence-electron chi connectivity index (χ0n) is 16.1. The van der Waals surface area contributed by atoms with Crippen molar-refractivity contribution in [1.82, 2.24) is 8.87 Å². The van der Waals surface area contributed by atoms with Gasteiger partial charge in [0.2, 0.25) is 10.0 Å². The minimum Gasteiger partial charge on any atom is -0.345 e. The fourth-order valence-electron chi connectivity index (χ4n) is 3.48. The first-order valence-corrected chi connectivity index (χ1v) is 10.8. The second-order valence-corrected chi connectivity index (χ2v) is 9.23.